The van der Waals surface area contributed by atoms with Crippen LogP contribution in [0.15, 0.2) is 200 Å². The monoisotopic (exact) mass is 687 g/mol. The average Bonchev–Trinajstić information content (AvgIpc) is 3.76. The minimum absolute atomic E-state index is 1.05. The van der Waals surface area contributed by atoms with Crippen LogP contribution in [-0.2, 0) is 0 Å². The molecule has 0 spiro atoms. The van der Waals surface area contributed by atoms with Crippen molar-refractivity contribution in [3.05, 3.63) is 200 Å². The molecule has 0 unspecified atom stereocenters. The Kier molecular flexibility index (Phi) is 6.86. The Labute approximate surface area is 312 Å². The highest BCUT2D eigenvalue weighted by molar-refractivity contribution is 6.13. The van der Waals surface area contributed by atoms with E-state index in [4.69, 9.17) is 4.98 Å². The summed E-state index contributed by atoms with van der Waals surface area (Å²) in [5.74, 6) is 0. The Balaban J connectivity index is 1.06. The van der Waals surface area contributed by atoms with Gasteiger partial charge < -0.3 is 9.13 Å². The van der Waals surface area contributed by atoms with Gasteiger partial charge in [0.1, 0.15) is 0 Å². The van der Waals surface area contributed by atoms with Crippen LogP contribution in [0.5, 0.6) is 0 Å². The molecular formula is C51H33N3. The Morgan fingerprint density at radius 1 is 0.315 bits per heavy atom. The lowest BCUT2D eigenvalue weighted by Crippen LogP contribution is -1.97. The summed E-state index contributed by atoms with van der Waals surface area (Å²) in [5.41, 5.74) is 14.0. The number of benzene rings is 8. The maximum absolute atomic E-state index is 4.75. The van der Waals surface area contributed by atoms with Gasteiger partial charge in [-0.05, 0) is 87.6 Å². The van der Waals surface area contributed by atoms with Crippen LogP contribution in [0.2, 0.25) is 0 Å². The molecule has 252 valence electrons. The van der Waals surface area contributed by atoms with E-state index in [1.165, 1.54) is 71.3 Å². The first-order chi connectivity index (χ1) is 26.8. The number of fused-ring (bicyclic) bond motifs is 7. The second kappa shape index (κ2) is 12.2. The molecule has 54 heavy (non-hydrogen) atoms. The van der Waals surface area contributed by atoms with Gasteiger partial charge in [0.05, 0.1) is 39.6 Å². The summed E-state index contributed by atoms with van der Waals surface area (Å²) in [6.45, 7) is 0. The third-order valence-corrected chi connectivity index (χ3v) is 11.0. The molecule has 0 atom stereocenters. The van der Waals surface area contributed by atoms with Crippen molar-refractivity contribution in [2.24, 2.45) is 0 Å². The number of nitrogens with zero attached hydrogens (tertiary/aromatic N) is 3. The Bertz CT molecular complexity index is 3220. The van der Waals surface area contributed by atoms with Gasteiger partial charge >= 0.3 is 0 Å². The van der Waals surface area contributed by atoms with Gasteiger partial charge in [-0.25, -0.2) is 0 Å². The first kappa shape index (κ1) is 30.4. The van der Waals surface area contributed by atoms with E-state index in [0.717, 1.165) is 27.8 Å². The van der Waals surface area contributed by atoms with Gasteiger partial charge in [-0.2, -0.15) is 0 Å². The van der Waals surface area contributed by atoms with E-state index in [2.05, 4.69) is 197 Å². The van der Waals surface area contributed by atoms with Crippen molar-refractivity contribution in [2.75, 3.05) is 0 Å². The van der Waals surface area contributed by atoms with E-state index in [1.807, 2.05) is 12.4 Å². The smallest absolute Gasteiger partial charge is 0.0651 e. The van der Waals surface area contributed by atoms with Crippen molar-refractivity contribution in [1.29, 1.82) is 0 Å². The number of hydrogen-bond acceptors (Lipinski definition) is 1. The lowest BCUT2D eigenvalue weighted by molar-refractivity contribution is 1.14. The van der Waals surface area contributed by atoms with Crippen LogP contribution in [-0.4, -0.2) is 14.1 Å². The molecule has 0 bridgehead atoms. The van der Waals surface area contributed by atoms with Crippen LogP contribution in [0.1, 0.15) is 0 Å². The van der Waals surface area contributed by atoms with Crippen LogP contribution in [0, 0.1) is 0 Å². The molecule has 0 aliphatic heterocycles. The van der Waals surface area contributed by atoms with Crippen LogP contribution >= 0.6 is 0 Å². The summed E-state index contributed by atoms with van der Waals surface area (Å²) in [7, 11) is 0. The SMILES string of the molecule is c1ccc(-c2ccccc2-n2c3ccccc3c3cc(-c4ccc5c(c4)c4ccccc4n5-c4cncc(-c5ccc6ccccc6c5)c4)ccc32)cc1. The largest absolute Gasteiger partial charge is 0.309 e. The van der Waals surface area contributed by atoms with Crippen molar-refractivity contribution in [3.8, 4) is 44.8 Å². The Morgan fingerprint density at radius 3 is 1.63 bits per heavy atom. The average molecular weight is 688 g/mol. The summed E-state index contributed by atoms with van der Waals surface area (Å²) in [6, 6.07) is 68.1. The van der Waals surface area contributed by atoms with Crippen LogP contribution < -0.4 is 0 Å². The molecule has 3 nitrogen and oxygen atoms in total. The topological polar surface area (TPSA) is 22.8 Å². The molecule has 11 rings (SSSR count). The lowest BCUT2D eigenvalue weighted by Gasteiger charge is -2.14. The van der Waals surface area contributed by atoms with Crippen molar-refractivity contribution >= 4 is 54.4 Å². The highest BCUT2D eigenvalue weighted by Gasteiger charge is 2.18. The molecule has 0 aliphatic rings. The van der Waals surface area contributed by atoms with E-state index in [1.54, 1.807) is 0 Å². The van der Waals surface area contributed by atoms with Crippen molar-refractivity contribution in [1.82, 2.24) is 14.1 Å². The molecular weight excluding hydrogens is 655 g/mol. The first-order valence-electron chi connectivity index (χ1n) is 18.4. The van der Waals surface area contributed by atoms with E-state index >= 15 is 0 Å². The minimum atomic E-state index is 1.05. The molecule has 0 saturated carbocycles. The molecule has 8 aromatic carbocycles. The van der Waals surface area contributed by atoms with Gasteiger partial charge in [0.25, 0.3) is 0 Å². The van der Waals surface area contributed by atoms with Crippen molar-refractivity contribution in [2.45, 2.75) is 0 Å². The first-order valence-corrected chi connectivity index (χ1v) is 18.4. The highest BCUT2D eigenvalue weighted by Crippen LogP contribution is 2.40. The van der Waals surface area contributed by atoms with Gasteiger partial charge in [-0.1, -0.05) is 133 Å². The zero-order valence-electron chi connectivity index (χ0n) is 29.4. The molecule has 11 aromatic rings. The van der Waals surface area contributed by atoms with Crippen LogP contribution in [0.25, 0.3) is 99.1 Å². The predicted octanol–water partition coefficient (Wildman–Crippen LogP) is 13.4. The quantitative estimate of drug-likeness (QED) is 0.177. The highest BCUT2D eigenvalue weighted by atomic mass is 15.0. The summed E-state index contributed by atoms with van der Waals surface area (Å²) in [6.07, 6.45) is 3.94. The second-order valence-corrected chi connectivity index (χ2v) is 14.0. The fraction of sp³-hybridized carbons (Fsp3) is 0. The molecule has 3 aromatic heterocycles. The molecule has 0 amide bonds. The molecule has 0 fully saturated rings. The second-order valence-electron chi connectivity index (χ2n) is 14.0. The number of pyridine rings is 1. The van der Waals surface area contributed by atoms with Gasteiger partial charge in [0.15, 0.2) is 0 Å². The van der Waals surface area contributed by atoms with E-state index < -0.39 is 0 Å². The minimum Gasteiger partial charge on any atom is -0.309 e. The summed E-state index contributed by atoms with van der Waals surface area (Å²) in [5, 5.41) is 7.39. The van der Waals surface area contributed by atoms with Gasteiger partial charge in [0.2, 0.25) is 0 Å². The predicted molar refractivity (Wildman–Crippen MR) is 227 cm³/mol. The Hall–Kier alpha value is -7.23. The molecule has 0 N–H and O–H groups in total. The zero-order chi connectivity index (χ0) is 35.6. The fourth-order valence-corrected chi connectivity index (χ4v) is 8.45. The maximum atomic E-state index is 4.75. The maximum Gasteiger partial charge on any atom is 0.0651 e. The lowest BCUT2D eigenvalue weighted by atomic mass is 10.0. The normalized spacial score (nSPS) is 11.7. The molecule has 3 heteroatoms. The summed E-state index contributed by atoms with van der Waals surface area (Å²) < 4.78 is 4.78. The zero-order valence-corrected chi connectivity index (χ0v) is 29.4. The van der Waals surface area contributed by atoms with Gasteiger partial charge in [-0.3, -0.25) is 4.98 Å². The van der Waals surface area contributed by atoms with Crippen LogP contribution in [0.3, 0.4) is 0 Å². The van der Waals surface area contributed by atoms with Gasteiger partial charge in [-0.15, -0.1) is 0 Å². The number of rotatable bonds is 5. The third-order valence-electron chi connectivity index (χ3n) is 11.0. The third kappa shape index (κ3) is 4.79. The van der Waals surface area contributed by atoms with E-state index in [0.29, 0.717) is 0 Å². The van der Waals surface area contributed by atoms with E-state index in [-0.39, 0.29) is 0 Å². The summed E-state index contributed by atoms with van der Waals surface area (Å²) >= 11 is 0. The molecule has 0 saturated heterocycles. The molecule has 0 aliphatic carbocycles. The summed E-state index contributed by atoms with van der Waals surface area (Å²) in [4.78, 5) is 4.75. The Morgan fingerprint density at radius 2 is 0.870 bits per heavy atom. The van der Waals surface area contributed by atoms with Crippen molar-refractivity contribution < 1.29 is 0 Å². The standard InChI is InChI=1S/C51H33N3/c1-2-13-35(14-3-1)42-16-6-9-19-47(42)54-49-21-11-8-18-44(49)46-31-39(25-27-51(46)54)38-24-26-50-45(30-38)43-17-7-10-20-48(43)53(50)41-29-40(32-52-33-41)37-23-22-34-12-4-5-15-36(34)28-37/h1-33H. The molecule has 0 radical (unpaired) electrons. The molecule has 3 heterocycles. The van der Waals surface area contributed by atoms with Gasteiger partial charge in [0, 0.05) is 38.9 Å². The number of para-hydroxylation sites is 3. The number of hydrogen-bond donors (Lipinski definition) is 0. The van der Waals surface area contributed by atoms with E-state index in [9.17, 15) is 0 Å². The fourth-order valence-electron chi connectivity index (χ4n) is 8.45. The van der Waals surface area contributed by atoms with Crippen molar-refractivity contribution in [3.63, 3.8) is 0 Å². The number of aromatic nitrogens is 3. The van der Waals surface area contributed by atoms with Crippen LogP contribution in [0.4, 0.5) is 0 Å².